The van der Waals surface area contributed by atoms with Crippen LogP contribution in [-0.4, -0.2) is 21.0 Å². The van der Waals surface area contributed by atoms with E-state index in [-0.39, 0.29) is 18.5 Å². The maximum atomic E-state index is 8.66. The molecule has 0 saturated heterocycles. The highest BCUT2D eigenvalue weighted by Gasteiger charge is 2.08. The zero-order chi connectivity index (χ0) is 14.5. The third-order valence-electron chi connectivity index (χ3n) is 2.52. The van der Waals surface area contributed by atoms with Crippen molar-refractivity contribution in [1.82, 2.24) is 9.97 Å². The lowest BCUT2D eigenvalue weighted by Crippen LogP contribution is -2.16. The molecule has 1 heterocycles. The number of nitrogens with zero attached hydrogens (tertiary/aromatic N) is 3. The number of hydrogen-bond donors (Lipinski definition) is 2. The monoisotopic (exact) mass is 292 g/mol. The van der Waals surface area contributed by atoms with Crippen LogP contribution >= 0.6 is 11.6 Å². The molecule has 0 atom stereocenters. The van der Waals surface area contributed by atoms with Gasteiger partial charge in [0.15, 0.2) is 5.84 Å². The first-order valence-electron chi connectivity index (χ1n) is 5.80. The molecular weight excluding hydrogens is 280 g/mol. The molecule has 1 aromatic carbocycles. The summed E-state index contributed by atoms with van der Waals surface area (Å²) in [6.45, 7) is 2.00. The van der Waals surface area contributed by atoms with Crippen molar-refractivity contribution < 1.29 is 9.94 Å². The second kappa shape index (κ2) is 6.21. The lowest BCUT2D eigenvalue weighted by Gasteiger charge is -2.08. The average molecular weight is 293 g/mol. The maximum Gasteiger partial charge on any atom is 0.317 e. The van der Waals surface area contributed by atoms with E-state index in [9.17, 15) is 0 Å². The zero-order valence-electron chi connectivity index (χ0n) is 10.7. The van der Waals surface area contributed by atoms with Crippen LogP contribution in [0.1, 0.15) is 17.0 Å². The number of halogens is 1. The maximum absolute atomic E-state index is 8.66. The van der Waals surface area contributed by atoms with E-state index in [2.05, 4.69) is 15.1 Å². The van der Waals surface area contributed by atoms with Crippen LogP contribution in [0.25, 0.3) is 0 Å². The van der Waals surface area contributed by atoms with Gasteiger partial charge in [-0.15, -0.1) is 0 Å². The van der Waals surface area contributed by atoms with Crippen LogP contribution in [0.2, 0.25) is 5.02 Å². The van der Waals surface area contributed by atoms with E-state index in [0.717, 1.165) is 5.56 Å². The van der Waals surface area contributed by atoms with E-state index in [0.29, 0.717) is 16.4 Å². The Morgan fingerprint density at radius 2 is 2.15 bits per heavy atom. The Labute approximate surface area is 120 Å². The summed E-state index contributed by atoms with van der Waals surface area (Å²) in [5.41, 5.74) is 7.27. The Morgan fingerprint density at radius 3 is 2.85 bits per heavy atom. The van der Waals surface area contributed by atoms with Gasteiger partial charge in [-0.2, -0.15) is 4.98 Å². The SMILES string of the molecule is Cc1cc(/C(N)=N/O)nc(OCc2ccccc2Cl)n1. The van der Waals surface area contributed by atoms with Gasteiger partial charge in [0, 0.05) is 16.3 Å². The van der Waals surface area contributed by atoms with Crippen LogP contribution in [0, 0.1) is 6.92 Å². The van der Waals surface area contributed by atoms with Crippen molar-refractivity contribution >= 4 is 17.4 Å². The molecule has 0 fully saturated rings. The van der Waals surface area contributed by atoms with Crippen LogP contribution in [0.5, 0.6) is 6.01 Å². The molecule has 2 aromatic rings. The van der Waals surface area contributed by atoms with Crippen molar-refractivity contribution in [1.29, 1.82) is 0 Å². The minimum Gasteiger partial charge on any atom is -0.459 e. The van der Waals surface area contributed by atoms with Crippen LogP contribution in [-0.2, 0) is 6.61 Å². The van der Waals surface area contributed by atoms with Crippen LogP contribution in [0.15, 0.2) is 35.5 Å². The van der Waals surface area contributed by atoms with Gasteiger partial charge in [0.1, 0.15) is 12.3 Å². The number of amidine groups is 1. The number of oxime groups is 1. The normalized spacial score (nSPS) is 11.4. The summed E-state index contributed by atoms with van der Waals surface area (Å²) in [6, 6.07) is 9.07. The first-order valence-corrected chi connectivity index (χ1v) is 6.17. The fourth-order valence-corrected chi connectivity index (χ4v) is 1.74. The van der Waals surface area contributed by atoms with E-state index < -0.39 is 0 Å². The van der Waals surface area contributed by atoms with Crippen molar-refractivity contribution in [2.24, 2.45) is 10.9 Å². The fourth-order valence-electron chi connectivity index (χ4n) is 1.55. The summed E-state index contributed by atoms with van der Waals surface area (Å²) < 4.78 is 5.49. The fraction of sp³-hybridized carbons (Fsp3) is 0.154. The highest BCUT2D eigenvalue weighted by atomic mass is 35.5. The molecule has 104 valence electrons. The number of ether oxygens (including phenoxy) is 1. The molecule has 0 aliphatic rings. The highest BCUT2D eigenvalue weighted by molar-refractivity contribution is 6.31. The molecule has 0 saturated carbocycles. The van der Waals surface area contributed by atoms with Crippen LogP contribution < -0.4 is 10.5 Å². The molecule has 6 nitrogen and oxygen atoms in total. The molecule has 0 amide bonds. The van der Waals surface area contributed by atoms with Gasteiger partial charge >= 0.3 is 6.01 Å². The molecule has 2 rings (SSSR count). The topological polar surface area (TPSA) is 93.6 Å². The molecule has 1 aromatic heterocycles. The molecule has 0 unspecified atom stereocenters. The number of hydrogen-bond acceptors (Lipinski definition) is 5. The lowest BCUT2D eigenvalue weighted by molar-refractivity contribution is 0.279. The van der Waals surface area contributed by atoms with Gasteiger partial charge in [0.05, 0.1) is 0 Å². The van der Waals surface area contributed by atoms with Gasteiger partial charge in [-0.1, -0.05) is 35.0 Å². The summed E-state index contributed by atoms with van der Waals surface area (Å²) >= 11 is 6.03. The summed E-state index contributed by atoms with van der Waals surface area (Å²) in [4.78, 5) is 8.18. The van der Waals surface area contributed by atoms with E-state index >= 15 is 0 Å². The lowest BCUT2D eigenvalue weighted by atomic mass is 10.2. The first kappa shape index (κ1) is 14.1. The van der Waals surface area contributed by atoms with Crippen molar-refractivity contribution in [3.05, 3.63) is 52.3 Å². The molecule has 0 spiro atoms. The largest absolute Gasteiger partial charge is 0.459 e. The predicted molar refractivity (Wildman–Crippen MR) is 75.1 cm³/mol. The minimum atomic E-state index is -0.0990. The Morgan fingerprint density at radius 1 is 1.40 bits per heavy atom. The van der Waals surface area contributed by atoms with Gasteiger partial charge in [-0.25, -0.2) is 4.98 Å². The summed E-state index contributed by atoms with van der Waals surface area (Å²) in [6.07, 6.45) is 0. The molecule has 7 heteroatoms. The van der Waals surface area contributed by atoms with Gasteiger partial charge in [-0.3, -0.25) is 0 Å². The molecule has 0 aliphatic carbocycles. The summed E-state index contributed by atoms with van der Waals surface area (Å²) in [5.74, 6) is -0.0990. The molecule has 0 bridgehead atoms. The van der Waals surface area contributed by atoms with Crippen molar-refractivity contribution in [3.8, 4) is 6.01 Å². The third-order valence-corrected chi connectivity index (χ3v) is 2.89. The van der Waals surface area contributed by atoms with E-state index in [1.165, 1.54) is 0 Å². The van der Waals surface area contributed by atoms with Gasteiger partial charge in [0.25, 0.3) is 0 Å². The smallest absolute Gasteiger partial charge is 0.317 e. The Kier molecular flexibility index (Phi) is 4.37. The zero-order valence-corrected chi connectivity index (χ0v) is 11.5. The van der Waals surface area contributed by atoms with Crippen molar-refractivity contribution in [2.45, 2.75) is 13.5 Å². The minimum absolute atomic E-state index is 0.0990. The quantitative estimate of drug-likeness (QED) is 0.389. The van der Waals surface area contributed by atoms with Gasteiger partial charge in [-0.05, 0) is 19.1 Å². The second-order valence-electron chi connectivity index (χ2n) is 4.04. The van der Waals surface area contributed by atoms with E-state index in [4.69, 9.17) is 27.3 Å². The average Bonchev–Trinajstić information content (AvgIpc) is 2.45. The van der Waals surface area contributed by atoms with Crippen LogP contribution in [0.3, 0.4) is 0 Å². The van der Waals surface area contributed by atoms with Crippen LogP contribution in [0.4, 0.5) is 0 Å². The van der Waals surface area contributed by atoms with Crippen molar-refractivity contribution in [3.63, 3.8) is 0 Å². The number of nitrogens with two attached hydrogens (primary N) is 1. The Bertz CT molecular complexity index is 646. The standard InChI is InChI=1S/C13H13ClN4O2/c1-8-6-11(12(15)18-19)17-13(16-8)20-7-9-4-2-3-5-10(9)14/h2-6,19H,7H2,1H3,(H2,15,18). The van der Waals surface area contributed by atoms with Gasteiger partial charge < -0.3 is 15.7 Å². The predicted octanol–water partition coefficient (Wildman–Crippen LogP) is 2.11. The molecule has 20 heavy (non-hydrogen) atoms. The summed E-state index contributed by atoms with van der Waals surface area (Å²) in [7, 11) is 0. The molecule has 0 radical (unpaired) electrons. The Balaban J connectivity index is 2.18. The molecular formula is C13H13ClN4O2. The first-order chi connectivity index (χ1) is 9.60. The highest BCUT2D eigenvalue weighted by Crippen LogP contribution is 2.17. The molecule has 3 N–H and O–H groups in total. The summed E-state index contributed by atoms with van der Waals surface area (Å²) in [5, 5.41) is 12.2. The number of rotatable bonds is 4. The van der Waals surface area contributed by atoms with E-state index in [1.54, 1.807) is 19.1 Å². The number of aryl methyl sites for hydroxylation is 1. The van der Waals surface area contributed by atoms with Gasteiger partial charge in [0.2, 0.25) is 0 Å². The van der Waals surface area contributed by atoms with Crippen molar-refractivity contribution in [2.75, 3.05) is 0 Å². The number of aromatic nitrogens is 2. The third kappa shape index (κ3) is 3.36. The Hall–Kier alpha value is -2.34. The second-order valence-corrected chi connectivity index (χ2v) is 4.45. The van der Waals surface area contributed by atoms with E-state index in [1.807, 2.05) is 18.2 Å². The number of benzene rings is 1. The molecule has 0 aliphatic heterocycles.